The molecule has 220 valence electrons. The van der Waals surface area contributed by atoms with Gasteiger partial charge in [-0.15, -0.1) is 0 Å². The van der Waals surface area contributed by atoms with Crippen LogP contribution in [-0.4, -0.2) is 41.8 Å². The van der Waals surface area contributed by atoms with Crippen molar-refractivity contribution in [1.82, 2.24) is 14.4 Å². The van der Waals surface area contributed by atoms with Gasteiger partial charge >= 0.3 is 6.18 Å². The molecule has 4 aromatic rings. The minimum atomic E-state index is -4.70. The van der Waals surface area contributed by atoms with Gasteiger partial charge in [-0.2, -0.15) is 17.5 Å². The lowest BCUT2D eigenvalue weighted by molar-refractivity contribution is -0.137. The van der Waals surface area contributed by atoms with Gasteiger partial charge in [0.15, 0.2) is 5.69 Å². The van der Waals surface area contributed by atoms with Crippen LogP contribution in [0.1, 0.15) is 38.7 Å². The average Bonchev–Trinajstić information content (AvgIpc) is 3.65. The number of furan rings is 1. The SMILES string of the molecule is C=CCOc1ccc(CN(Cc2ccco2)C(=O)c2noc3c2CN(S(=O)(=O)c2cccc(C(F)(F)F)c2)CC3)cc1. The summed E-state index contributed by atoms with van der Waals surface area (Å²) in [7, 11) is -4.32. The first-order valence-electron chi connectivity index (χ1n) is 12.9. The van der Waals surface area contributed by atoms with Gasteiger partial charge in [0.05, 0.1) is 23.3 Å². The van der Waals surface area contributed by atoms with Gasteiger partial charge in [0, 0.05) is 31.6 Å². The van der Waals surface area contributed by atoms with Crippen molar-refractivity contribution < 1.29 is 40.1 Å². The van der Waals surface area contributed by atoms with E-state index in [4.69, 9.17) is 13.7 Å². The Morgan fingerprint density at radius 2 is 1.90 bits per heavy atom. The van der Waals surface area contributed by atoms with Crippen LogP contribution in [0.3, 0.4) is 0 Å². The maximum atomic E-state index is 13.8. The summed E-state index contributed by atoms with van der Waals surface area (Å²) in [6, 6.07) is 14.1. The molecule has 5 rings (SSSR count). The van der Waals surface area contributed by atoms with Crippen LogP contribution in [0.4, 0.5) is 13.2 Å². The average molecular weight is 602 g/mol. The van der Waals surface area contributed by atoms with E-state index in [2.05, 4.69) is 11.7 Å². The summed E-state index contributed by atoms with van der Waals surface area (Å²) in [4.78, 5) is 14.8. The van der Waals surface area contributed by atoms with E-state index >= 15 is 0 Å². The Morgan fingerprint density at radius 3 is 2.60 bits per heavy atom. The van der Waals surface area contributed by atoms with E-state index in [0.717, 1.165) is 28.1 Å². The predicted molar refractivity (Wildman–Crippen MR) is 144 cm³/mol. The maximum Gasteiger partial charge on any atom is 0.416 e. The molecule has 0 radical (unpaired) electrons. The quantitative estimate of drug-likeness (QED) is 0.223. The smallest absolute Gasteiger partial charge is 0.416 e. The summed E-state index contributed by atoms with van der Waals surface area (Å²) in [6.07, 6.45) is -1.50. The van der Waals surface area contributed by atoms with Gasteiger partial charge in [-0.05, 0) is 48.0 Å². The summed E-state index contributed by atoms with van der Waals surface area (Å²) >= 11 is 0. The van der Waals surface area contributed by atoms with Crippen LogP contribution in [0.15, 0.2) is 93.4 Å². The fourth-order valence-electron chi connectivity index (χ4n) is 4.55. The van der Waals surface area contributed by atoms with Gasteiger partial charge < -0.3 is 18.6 Å². The van der Waals surface area contributed by atoms with Crippen molar-refractivity contribution in [3.63, 3.8) is 0 Å². The van der Waals surface area contributed by atoms with Crippen molar-refractivity contribution in [2.75, 3.05) is 13.2 Å². The third-order valence-corrected chi connectivity index (χ3v) is 8.51. The second kappa shape index (κ2) is 11.9. The molecule has 1 aliphatic heterocycles. The number of hydrogen-bond acceptors (Lipinski definition) is 7. The highest BCUT2D eigenvalue weighted by Crippen LogP contribution is 2.33. The molecule has 2 aromatic heterocycles. The number of rotatable bonds is 10. The van der Waals surface area contributed by atoms with Crippen molar-refractivity contribution in [3.05, 3.63) is 113 Å². The van der Waals surface area contributed by atoms with Crippen LogP contribution in [0.2, 0.25) is 0 Å². The monoisotopic (exact) mass is 601 g/mol. The Balaban J connectivity index is 1.40. The van der Waals surface area contributed by atoms with Gasteiger partial charge in [-0.1, -0.05) is 36.0 Å². The van der Waals surface area contributed by atoms with E-state index in [1.165, 1.54) is 11.2 Å². The Kier molecular flexibility index (Phi) is 8.23. The molecule has 0 bridgehead atoms. The van der Waals surface area contributed by atoms with E-state index < -0.39 is 32.6 Å². The zero-order valence-corrected chi connectivity index (χ0v) is 23.0. The highest BCUT2D eigenvalue weighted by molar-refractivity contribution is 7.89. The molecule has 0 N–H and O–H groups in total. The van der Waals surface area contributed by atoms with Crippen molar-refractivity contribution in [1.29, 1.82) is 0 Å². The topological polar surface area (TPSA) is 106 Å². The normalized spacial score (nSPS) is 13.9. The summed E-state index contributed by atoms with van der Waals surface area (Å²) in [5.41, 5.74) is -0.103. The third kappa shape index (κ3) is 6.26. The molecular weight excluding hydrogens is 575 g/mol. The lowest BCUT2D eigenvalue weighted by Gasteiger charge is -2.26. The van der Waals surface area contributed by atoms with E-state index in [-0.39, 0.29) is 43.9 Å². The van der Waals surface area contributed by atoms with Crippen LogP contribution < -0.4 is 4.74 Å². The van der Waals surface area contributed by atoms with Gasteiger partial charge in [0.1, 0.15) is 23.9 Å². The first-order valence-corrected chi connectivity index (χ1v) is 14.3. The van der Waals surface area contributed by atoms with Crippen LogP contribution in [0.5, 0.6) is 5.75 Å². The summed E-state index contributed by atoms with van der Waals surface area (Å²) in [5, 5.41) is 3.98. The molecule has 0 unspecified atom stereocenters. The number of aromatic nitrogens is 1. The number of nitrogens with zero attached hydrogens (tertiary/aromatic N) is 3. The predicted octanol–water partition coefficient (Wildman–Crippen LogP) is 5.44. The van der Waals surface area contributed by atoms with Gasteiger partial charge in [-0.3, -0.25) is 4.79 Å². The molecule has 0 aliphatic carbocycles. The highest BCUT2D eigenvalue weighted by atomic mass is 32.2. The number of benzene rings is 2. The number of ether oxygens (including phenoxy) is 1. The molecule has 13 heteroatoms. The Morgan fingerprint density at radius 1 is 1.12 bits per heavy atom. The Hall–Kier alpha value is -4.36. The number of alkyl halides is 3. The molecule has 0 fully saturated rings. The molecular formula is C29H26F3N3O6S. The molecule has 3 heterocycles. The summed E-state index contributed by atoms with van der Waals surface area (Å²) < 4.78 is 83.8. The number of fused-ring (bicyclic) bond motifs is 1. The molecule has 42 heavy (non-hydrogen) atoms. The Labute approximate surface area is 239 Å². The summed E-state index contributed by atoms with van der Waals surface area (Å²) in [6.45, 7) is 3.88. The van der Waals surface area contributed by atoms with Crippen molar-refractivity contribution in [3.8, 4) is 5.75 Å². The number of amides is 1. The number of halogens is 3. The number of carbonyl (C=O) groups is 1. The van der Waals surface area contributed by atoms with Crippen LogP contribution >= 0.6 is 0 Å². The van der Waals surface area contributed by atoms with E-state index in [1.807, 2.05) is 12.1 Å². The lowest BCUT2D eigenvalue weighted by atomic mass is 10.1. The minimum absolute atomic E-state index is 0.0508. The second-order valence-corrected chi connectivity index (χ2v) is 11.5. The standard InChI is InChI=1S/C29H26F3N3O6S/c1-2-14-39-22-10-8-20(9-11-22)17-34(18-23-6-4-15-40-23)28(36)27-25-19-35(13-12-26(25)41-33-27)42(37,38)24-7-3-5-21(16-24)29(30,31)32/h2-11,15-16H,1,12-14,17-19H2. The largest absolute Gasteiger partial charge is 0.490 e. The number of hydrogen-bond donors (Lipinski definition) is 0. The molecule has 0 atom stereocenters. The van der Waals surface area contributed by atoms with E-state index in [0.29, 0.717) is 29.9 Å². The third-order valence-electron chi connectivity index (χ3n) is 6.67. The molecule has 1 amide bonds. The van der Waals surface area contributed by atoms with Gasteiger partial charge in [-0.25, -0.2) is 8.42 Å². The van der Waals surface area contributed by atoms with Crippen LogP contribution in [-0.2, 0) is 42.3 Å². The Bertz CT molecular complexity index is 1670. The fraction of sp³-hybridized carbons (Fsp3) is 0.241. The minimum Gasteiger partial charge on any atom is -0.490 e. The van der Waals surface area contributed by atoms with Crippen molar-refractivity contribution in [2.24, 2.45) is 0 Å². The van der Waals surface area contributed by atoms with E-state index in [9.17, 15) is 26.4 Å². The first-order chi connectivity index (χ1) is 20.1. The maximum absolute atomic E-state index is 13.8. The molecule has 1 aliphatic rings. The van der Waals surface area contributed by atoms with Crippen LogP contribution in [0.25, 0.3) is 0 Å². The molecule has 0 saturated heterocycles. The molecule has 9 nitrogen and oxygen atoms in total. The highest BCUT2D eigenvalue weighted by Gasteiger charge is 2.37. The zero-order chi connectivity index (χ0) is 29.9. The first kappa shape index (κ1) is 29.1. The molecule has 0 spiro atoms. The van der Waals surface area contributed by atoms with Crippen LogP contribution in [0, 0.1) is 0 Å². The number of sulfonamides is 1. The lowest BCUT2D eigenvalue weighted by Crippen LogP contribution is -2.37. The zero-order valence-electron chi connectivity index (χ0n) is 22.2. The van der Waals surface area contributed by atoms with E-state index in [1.54, 1.807) is 30.3 Å². The van der Waals surface area contributed by atoms with Gasteiger partial charge in [0.25, 0.3) is 5.91 Å². The molecule has 0 saturated carbocycles. The fourth-order valence-corrected chi connectivity index (χ4v) is 6.00. The second-order valence-electron chi connectivity index (χ2n) is 9.53. The molecule has 2 aromatic carbocycles. The van der Waals surface area contributed by atoms with Crippen molar-refractivity contribution in [2.45, 2.75) is 37.1 Å². The van der Waals surface area contributed by atoms with Gasteiger partial charge in [0.2, 0.25) is 10.0 Å². The number of carbonyl (C=O) groups excluding carboxylic acids is 1. The summed E-state index contributed by atoms with van der Waals surface area (Å²) in [5.74, 6) is 0.966. The van der Waals surface area contributed by atoms with Crippen molar-refractivity contribution >= 4 is 15.9 Å².